The van der Waals surface area contributed by atoms with Gasteiger partial charge in [0.15, 0.2) is 5.78 Å². The van der Waals surface area contributed by atoms with Crippen LogP contribution in [0, 0.1) is 5.92 Å². The molecule has 1 aromatic heterocycles. The van der Waals surface area contributed by atoms with E-state index in [0.29, 0.717) is 6.42 Å². The number of Topliss-reactive ketones (excluding diaryl/α,β-unsaturated/α-hetero) is 1. The minimum atomic E-state index is -0.929. The van der Waals surface area contributed by atoms with Gasteiger partial charge in [0.25, 0.3) is 0 Å². The van der Waals surface area contributed by atoms with Gasteiger partial charge in [0.2, 0.25) is 0 Å². The van der Waals surface area contributed by atoms with Crippen LogP contribution in [0.15, 0.2) is 24.3 Å². The van der Waals surface area contributed by atoms with E-state index in [9.17, 15) is 9.59 Å². The standard InChI is InChI=1S/C19H21NO2/c1-18(2)13-8-6-10-19(11-21,17(13)22)16-15(18)12-7-4-5-9-14(12)20(16)3/h4-5,7,9,11,13H,6,8,10H2,1-3H3/t13-,19+/m1/s1. The summed E-state index contributed by atoms with van der Waals surface area (Å²) >= 11 is 0. The fourth-order valence-electron chi connectivity index (χ4n) is 4.99. The number of carbonyl (C=O) groups is 2. The Hall–Kier alpha value is -1.90. The predicted octanol–water partition coefficient (Wildman–Crippen LogP) is 3.28. The van der Waals surface area contributed by atoms with Crippen LogP contribution in [-0.2, 0) is 27.5 Å². The number of nitrogens with zero attached hydrogens (tertiary/aromatic N) is 1. The molecule has 0 spiro atoms. The minimum absolute atomic E-state index is 0.0512. The topological polar surface area (TPSA) is 39.1 Å². The van der Waals surface area contributed by atoms with E-state index >= 15 is 0 Å². The van der Waals surface area contributed by atoms with E-state index in [1.807, 2.05) is 19.2 Å². The van der Waals surface area contributed by atoms with Crippen molar-refractivity contribution < 1.29 is 9.59 Å². The van der Waals surface area contributed by atoms with Gasteiger partial charge in [-0.05, 0) is 24.5 Å². The lowest BCUT2D eigenvalue weighted by Gasteiger charge is -2.49. The Morgan fingerprint density at radius 1 is 1.27 bits per heavy atom. The first-order valence-corrected chi connectivity index (χ1v) is 8.04. The first kappa shape index (κ1) is 13.7. The van der Waals surface area contributed by atoms with Crippen LogP contribution in [-0.4, -0.2) is 16.6 Å². The summed E-state index contributed by atoms with van der Waals surface area (Å²) in [6.07, 6.45) is 3.41. The van der Waals surface area contributed by atoms with E-state index in [4.69, 9.17) is 0 Å². The molecule has 1 aromatic carbocycles. The van der Waals surface area contributed by atoms with Crippen LogP contribution < -0.4 is 0 Å². The average molecular weight is 295 g/mol. The predicted molar refractivity (Wildman–Crippen MR) is 86.0 cm³/mol. The fourth-order valence-corrected chi connectivity index (χ4v) is 4.99. The second kappa shape index (κ2) is 4.09. The molecule has 4 rings (SSSR count). The highest BCUT2D eigenvalue weighted by Crippen LogP contribution is 2.55. The molecule has 0 aliphatic heterocycles. The zero-order chi connectivity index (χ0) is 15.7. The number of aldehydes is 1. The molecule has 3 heteroatoms. The molecule has 2 aliphatic rings. The molecular weight excluding hydrogens is 274 g/mol. The molecule has 2 bridgehead atoms. The van der Waals surface area contributed by atoms with Gasteiger partial charge in [-0.25, -0.2) is 0 Å². The summed E-state index contributed by atoms with van der Waals surface area (Å²) in [7, 11) is 1.99. The molecule has 0 saturated heterocycles. The Morgan fingerprint density at radius 2 is 2.00 bits per heavy atom. The molecule has 0 radical (unpaired) electrons. The lowest BCUT2D eigenvalue weighted by molar-refractivity contribution is -0.139. The molecule has 0 amide bonds. The van der Waals surface area contributed by atoms with Crippen molar-refractivity contribution >= 4 is 23.0 Å². The van der Waals surface area contributed by atoms with Crippen molar-refractivity contribution in [2.75, 3.05) is 0 Å². The van der Waals surface area contributed by atoms with E-state index in [2.05, 4.69) is 30.5 Å². The normalized spacial score (nSPS) is 29.4. The average Bonchev–Trinajstić information content (AvgIpc) is 2.81. The van der Waals surface area contributed by atoms with Crippen molar-refractivity contribution in [3.8, 4) is 0 Å². The van der Waals surface area contributed by atoms with Gasteiger partial charge in [0.05, 0.1) is 0 Å². The van der Waals surface area contributed by atoms with Gasteiger partial charge in [-0.15, -0.1) is 0 Å². The molecule has 0 unspecified atom stereocenters. The van der Waals surface area contributed by atoms with Crippen molar-refractivity contribution in [1.29, 1.82) is 0 Å². The smallest absolute Gasteiger partial charge is 0.156 e. The Labute approximate surface area is 130 Å². The van der Waals surface area contributed by atoms with E-state index < -0.39 is 5.41 Å². The number of carbonyl (C=O) groups excluding carboxylic acids is 2. The molecule has 0 N–H and O–H groups in total. The molecule has 22 heavy (non-hydrogen) atoms. The summed E-state index contributed by atoms with van der Waals surface area (Å²) in [4.78, 5) is 25.2. The molecule has 1 fully saturated rings. The van der Waals surface area contributed by atoms with Crippen molar-refractivity contribution in [2.45, 2.75) is 43.9 Å². The zero-order valence-electron chi connectivity index (χ0n) is 13.3. The number of hydrogen-bond donors (Lipinski definition) is 0. The number of rotatable bonds is 1. The Bertz CT molecular complexity index is 814. The summed E-state index contributed by atoms with van der Waals surface area (Å²) in [6, 6.07) is 8.26. The third-order valence-corrected chi connectivity index (χ3v) is 6.07. The lowest BCUT2D eigenvalue weighted by atomic mass is 9.52. The molecule has 2 atom stereocenters. The van der Waals surface area contributed by atoms with Gasteiger partial charge in [0, 0.05) is 35.0 Å². The lowest BCUT2D eigenvalue weighted by Crippen LogP contribution is -2.56. The van der Waals surface area contributed by atoms with Crippen molar-refractivity contribution in [3.05, 3.63) is 35.5 Å². The monoisotopic (exact) mass is 295 g/mol. The Kier molecular flexibility index (Phi) is 2.56. The second-order valence-corrected chi connectivity index (χ2v) is 7.42. The molecule has 114 valence electrons. The summed E-state index contributed by atoms with van der Waals surface area (Å²) in [6.45, 7) is 4.34. The third kappa shape index (κ3) is 1.33. The van der Waals surface area contributed by atoms with Crippen LogP contribution in [0.5, 0.6) is 0 Å². The summed E-state index contributed by atoms with van der Waals surface area (Å²) in [5.74, 6) is 0.0851. The number of fused-ring (bicyclic) bond motifs is 6. The second-order valence-electron chi connectivity index (χ2n) is 7.42. The quantitative estimate of drug-likeness (QED) is 0.598. The first-order chi connectivity index (χ1) is 10.4. The van der Waals surface area contributed by atoms with Crippen molar-refractivity contribution in [1.82, 2.24) is 4.57 Å². The number of hydrogen-bond acceptors (Lipinski definition) is 2. The van der Waals surface area contributed by atoms with Crippen LogP contribution in [0.4, 0.5) is 0 Å². The molecule has 3 nitrogen and oxygen atoms in total. The Balaban J connectivity index is 2.22. The van der Waals surface area contributed by atoms with Crippen LogP contribution in [0.1, 0.15) is 44.4 Å². The molecule has 1 saturated carbocycles. The van der Waals surface area contributed by atoms with E-state index in [0.717, 1.165) is 30.3 Å². The largest absolute Gasteiger partial charge is 0.346 e. The number of benzene rings is 1. The van der Waals surface area contributed by atoms with Crippen LogP contribution in [0.25, 0.3) is 10.9 Å². The van der Waals surface area contributed by atoms with Crippen LogP contribution >= 0.6 is 0 Å². The van der Waals surface area contributed by atoms with Crippen molar-refractivity contribution in [2.24, 2.45) is 13.0 Å². The fraction of sp³-hybridized carbons (Fsp3) is 0.474. The summed E-state index contributed by atoms with van der Waals surface area (Å²) in [5, 5.41) is 1.19. The summed E-state index contributed by atoms with van der Waals surface area (Å²) < 4.78 is 2.08. The first-order valence-electron chi connectivity index (χ1n) is 8.04. The molecule has 2 aliphatic carbocycles. The number of aryl methyl sites for hydroxylation is 1. The SMILES string of the molecule is Cn1c2c(c3ccccc31)C(C)(C)[C@@H]1CCC[C@@]2(C=O)C1=O. The van der Waals surface area contributed by atoms with Crippen LogP contribution in [0.2, 0.25) is 0 Å². The van der Waals surface area contributed by atoms with Gasteiger partial charge in [-0.2, -0.15) is 0 Å². The maximum absolute atomic E-state index is 13.1. The number of aromatic nitrogens is 1. The van der Waals surface area contributed by atoms with Gasteiger partial charge < -0.3 is 9.36 Å². The highest BCUT2D eigenvalue weighted by atomic mass is 16.1. The van der Waals surface area contributed by atoms with Gasteiger partial charge in [-0.1, -0.05) is 38.5 Å². The number of para-hydroxylation sites is 1. The van der Waals surface area contributed by atoms with Gasteiger partial charge in [0.1, 0.15) is 11.7 Å². The number of ketones is 1. The maximum atomic E-state index is 13.1. The molecule has 2 aromatic rings. The van der Waals surface area contributed by atoms with E-state index in [1.165, 1.54) is 10.9 Å². The summed E-state index contributed by atoms with van der Waals surface area (Å²) in [5.41, 5.74) is 2.11. The Morgan fingerprint density at radius 3 is 2.73 bits per heavy atom. The van der Waals surface area contributed by atoms with Crippen LogP contribution in [0.3, 0.4) is 0 Å². The van der Waals surface area contributed by atoms with E-state index in [1.54, 1.807) is 0 Å². The van der Waals surface area contributed by atoms with Crippen molar-refractivity contribution in [3.63, 3.8) is 0 Å². The minimum Gasteiger partial charge on any atom is -0.346 e. The third-order valence-electron chi connectivity index (χ3n) is 6.07. The zero-order valence-corrected chi connectivity index (χ0v) is 13.3. The highest BCUT2D eigenvalue weighted by Gasteiger charge is 2.59. The van der Waals surface area contributed by atoms with Gasteiger partial charge in [-0.3, -0.25) is 4.79 Å². The molecular formula is C19H21NO2. The van der Waals surface area contributed by atoms with Gasteiger partial charge >= 0.3 is 0 Å². The molecule has 1 heterocycles. The van der Waals surface area contributed by atoms with E-state index in [-0.39, 0.29) is 17.1 Å². The maximum Gasteiger partial charge on any atom is 0.156 e. The highest BCUT2D eigenvalue weighted by molar-refractivity contribution is 6.10.